The van der Waals surface area contributed by atoms with Gasteiger partial charge in [-0.3, -0.25) is 9.59 Å². The third kappa shape index (κ3) is 4.34. The highest BCUT2D eigenvalue weighted by molar-refractivity contribution is 6.01. The fraction of sp³-hybridized carbons (Fsp3) is 0.550. The van der Waals surface area contributed by atoms with Gasteiger partial charge in [0.1, 0.15) is 5.82 Å². The lowest BCUT2D eigenvalue weighted by atomic mass is 9.89. The summed E-state index contributed by atoms with van der Waals surface area (Å²) in [5, 5.41) is 5.68. The van der Waals surface area contributed by atoms with Gasteiger partial charge in [0.05, 0.1) is 19.1 Å². The molecular weight excluding hydrogens is 379 g/mol. The van der Waals surface area contributed by atoms with Gasteiger partial charge in [-0.05, 0) is 36.6 Å². The minimum absolute atomic E-state index is 0.00332. The zero-order chi connectivity index (χ0) is 20.4. The van der Waals surface area contributed by atoms with Crippen molar-refractivity contribution in [3.8, 4) is 0 Å². The lowest BCUT2D eigenvalue weighted by molar-refractivity contribution is -0.127. The maximum absolute atomic E-state index is 13.7. The number of halogens is 1. The predicted molar refractivity (Wildman–Crippen MR) is 103 cm³/mol. The number of amides is 4. The minimum Gasteiger partial charge on any atom is -0.378 e. The summed E-state index contributed by atoms with van der Waals surface area (Å²) in [7, 11) is 0. The number of urea groups is 1. The Labute approximate surface area is 168 Å². The number of hydrogen-bond donors (Lipinski definition) is 2. The Kier molecular flexibility index (Phi) is 5.66. The van der Waals surface area contributed by atoms with Gasteiger partial charge in [-0.25, -0.2) is 9.18 Å². The topological polar surface area (TPSA) is 91.0 Å². The van der Waals surface area contributed by atoms with Crippen LogP contribution in [0.15, 0.2) is 18.2 Å². The highest BCUT2D eigenvalue weighted by Crippen LogP contribution is 2.33. The highest BCUT2D eigenvalue weighted by atomic mass is 19.1. The largest absolute Gasteiger partial charge is 0.378 e. The number of anilines is 1. The second-order valence-corrected chi connectivity index (χ2v) is 7.69. The number of likely N-dealkylation sites (tertiary alicyclic amines) is 1. The van der Waals surface area contributed by atoms with Gasteiger partial charge in [0.2, 0.25) is 11.8 Å². The summed E-state index contributed by atoms with van der Waals surface area (Å²) >= 11 is 0. The molecule has 0 aliphatic carbocycles. The predicted octanol–water partition coefficient (Wildman–Crippen LogP) is 1.28. The average Bonchev–Trinajstić information content (AvgIpc) is 2.74. The Morgan fingerprint density at radius 3 is 2.52 bits per heavy atom. The lowest BCUT2D eigenvalue weighted by Crippen LogP contribution is -2.53. The van der Waals surface area contributed by atoms with Crippen molar-refractivity contribution in [1.82, 2.24) is 15.1 Å². The molecule has 4 rings (SSSR count). The van der Waals surface area contributed by atoms with Crippen LogP contribution in [-0.4, -0.2) is 73.1 Å². The molecule has 3 aliphatic rings. The number of benzene rings is 1. The van der Waals surface area contributed by atoms with Crippen molar-refractivity contribution >= 4 is 23.5 Å². The number of rotatable bonds is 2. The van der Waals surface area contributed by atoms with E-state index in [0.717, 1.165) is 0 Å². The molecule has 1 aromatic rings. The summed E-state index contributed by atoms with van der Waals surface area (Å²) < 4.78 is 18.9. The molecule has 0 saturated carbocycles. The Balaban J connectivity index is 1.34. The first-order valence-corrected chi connectivity index (χ1v) is 10.0. The molecule has 9 heteroatoms. The average molecular weight is 404 g/mol. The van der Waals surface area contributed by atoms with Crippen molar-refractivity contribution in [2.24, 2.45) is 0 Å². The number of hydrogen-bond acceptors (Lipinski definition) is 4. The second-order valence-electron chi connectivity index (χ2n) is 7.69. The van der Waals surface area contributed by atoms with Crippen molar-refractivity contribution in [2.45, 2.75) is 31.2 Å². The van der Waals surface area contributed by atoms with E-state index >= 15 is 0 Å². The molecule has 0 spiro atoms. The molecule has 29 heavy (non-hydrogen) atoms. The second kappa shape index (κ2) is 8.36. The molecule has 0 unspecified atom stereocenters. The van der Waals surface area contributed by atoms with Gasteiger partial charge in [-0.2, -0.15) is 0 Å². The summed E-state index contributed by atoms with van der Waals surface area (Å²) in [6.07, 6.45) is 1.30. The Morgan fingerprint density at radius 2 is 1.79 bits per heavy atom. The van der Waals surface area contributed by atoms with E-state index in [9.17, 15) is 18.8 Å². The molecule has 0 bridgehead atoms. The van der Waals surface area contributed by atoms with Gasteiger partial charge < -0.3 is 25.2 Å². The number of morpholine rings is 1. The van der Waals surface area contributed by atoms with Crippen LogP contribution in [0.4, 0.5) is 14.9 Å². The smallest absolute Gasteiger partial charge is 0.320 e. The molecule has 0 aromatic heterocycles. The van der Waals surface area contributed by atoms with Crippen LogP contribution >= 0.6 is 0 Å². The van der Waals surface area contributed by atoms with Crippen LogP contribution < -0.4 is 10.6 Å². The molecule has 3 aliphatic heterocycles. The van der Waals surface area contributed by atoms with E-state index in [1.807, 2.05) is 4.90 Å². The van der Waals surface area contributed by atoms with Crippen LogP contribution in [0.2, 0.25) is 0 Å². The van der Waals surface area contributed by atoms with Crippen molar-refractivity contribution in [2.75, 3.05) is 44.7 Å². The van der Waals surface area contributed by atoms with Crippen LogP contribution in [0.1, 0.15) is 30.7 Å². The van der Waals surface area contributed by atoms with E-state index < -0.39 is 11.7 Å². The molecule has 2 N–H and O–H groups in total. The van der Waals surface area contributed by atoms with E-state index in [0.29, 0.717) is 63.5 Å². The third-order valence-electron chi connectivity index (χ3n) is 5.76. The lowest BCUT2D eigenvalue weighted by Gasteiger charge is -2.37. The number of carbonyl (C=O) groups is 3. The SMILES string of the molecule is O=C1C[C@H](C(=O)NC2CCN(C(=O)N3CCOCC3)CC2)c2cc(F)ccc2N1. The normalized spacial score (nSPS) is 22.7. The number of nitrogens with one attached hydrogen (secondary N) is 2. The molecule has 1 atom stereocenters. The van der Waals surface area contributed by atoms with Gasteiger partial charge in [0, 0.05) is 44.3 Å². The van der Waals surface area contributed by atoms with Crippen molar-refractivity contribution in [1.29, 1.82) is 0 Å². The van der Waals surface area contributed by atoms with Crippen LogP contribution in [0.25, 0.3) is 0 Å². The Morgan fingerprint density at radius 1 is 1.10 bits per heavy atom. The van der Waals surface area contributed by atoms with Crippen LogP contribution in [0.3, 0.4) is 0 Å². The zero-order valence-corrected chi connectivity index (χ0v) is 16.2. The van der Waals surface area contributed by atoms with Crippen LogP contribution in [0, 0.1) is 5.82 Å². The van der Waals surface area contributed by atoms with E-state index in [-0.39, 0.29) is 30.3 Å². The first-order valence-electron chi connectivity index (χ1n) is 10.0. The minimum atomic E-state index is -0.706. The van der Waals surface area contributed by atoms with E-state index in [1.54, 1.807) is 4.90 Å². The molecule has 2 saturated heterocycles. The van der Waals surface area contributed by atoms with E-state index in [4.69, 9.17) is 4.74 Å². The molecule has 8 nitrogen and oxygen atoms in total. The van der Waals surface area contributed by atoms with Crippen molar-refractivity contribution < 1.29 is 23.5 Å². The van der Waals surface area contributed by atoms with Gasteiger partial charge in [-0.1, -0.05) is 0 Å². The molecule has 0 radical (unpaired) electrons. The number of carbonyl (C=O) groups excluding carboxylic acids is 3. The molecule has 1 aromatic carbocycles. The maximum Gasteiger partial charge on any atom is 0.320 e. The first-order chi connectivity index (χ1) is 14.0. The molecule has 156 valence electrons. The van der Waals surface area contributed by atoms with E-state index in [2.05, 4.69) is 10.6 Å². The standard InChI is InChI=1S/C20H25FN4O4/c21-13-1-2-17-15(11-13)16(12-18(26)23-17)19(27)22-14-3-5-24(6-4-14)20(28)25-7-9-29-10-8-25/h1-2,11,14,16H,3-10,12H2,(H,22,27)(H,23,26)/t16-/m0/s1. The Hall–Kier alpha value is -2.68. The summed E-state index contributed by atoms with van der Waals surface area (Å²) in [6.45, 7) is 3.48. The highest BCUT2D eigenvalue weighted by Gasteiger charge is 2.33. The summed E-state index contributed by atoms with van der Waals surface area (Å²) in [5.41, 5.74) is 0.982. The van der Waals surface area contributed by atoms with Gasteiger partial charge in [0.15, 0.2) is 0 Å². The van der Waals surface area contributed by atoms with Gasteiger partial charge >= 0.3 is 6.03 Å². The first kappa shape index (κ1) is 19.6. The van der Waals surface area contributed by atoms with E-state index in [1.165, 1.54) is 18.2 Å². The van der Waals surface area contributed by atoms with Crippen molar-refractivity contribution in [3.05, 3.63) is 29.6 Å². The fourth-order valence-electron chi connectivity index (χ4n) is 4.14. The molecular formula is C20H25FN4O4. The third-order valence-corrected chi connectivity index (χ3v) is 5.76. The summed E-state index contributed by atoms with van der Waals surface area (Å²) in [5.74, 6) is -1.67. The van der Waals surface area contributed by atoms with Crippen molar-refractivity contribution in [3.63, 3.8) is 0 Å². The summed E-state index contributed by atoms with van der Waals surface area (Å²) in [6, 6.07) is 4.01. The van der Waals surface area contributed by atoms with Gasteiger partial charge in [-0.15, -0.1) is 0 Å². The Bertz CT molecular complexity index is 804. The number of ether oxygens (including phenoxy) is 1. The fourth-order valence-corrected chi connectivity index (χ4v) is 4.14. The zero-order valence-electron chi connectivity index (χ0n) is 16.2. The number of piperidine rings is 1. The monoisotopic (exact) mass is 404 g/mol. The number of nitrogens with zero attached hydrogens (tertiary/aromatic N) is 2. The maximum atomic E-state index is 13.7. The molecule has 4 amide bonds. The summed E-state index contributed by atoms with van der Waals surface area (Å²) in [4.78, 5) is 41.0. The van der Waals surface area contributed by atoms with Gasteiger partial charge in [0.25, 0.3) is 0 Å². The van der Waals surface area contributed by atoms with Crippen LogP contribution in [0.5, 0.6) is 0 Å². The molecule has 2 fully saturated rings. The van der Waals surface area contributed by atoms with Crippen LogP contribution in [-0.2, 0) is 14.3 Å². The quantitative estimate of drug-likeness (QED) is 0.777. The molecule has 3 heterocycles. The number of fused-ring (bicyclic) bond motifs is 1.